The van der Waals surface area contributed by atoms with Gasteiger partial charge in [-0.05, 0) is 48.9 Å². The maximum absolute atomic E-state index is 13.8. The van der Waals surface area contributed by atoms with Gasteiger partial charge in [0, 0.05) is 43.6 Å². The number of piperazine rings is 1. The number of hydrogen-bond donors (Lipinski definition) is 0. The zero-order valence-corrected chi connectivity index (χ0v) is 18.7. The lowest BCUT2D eigenvalue weighted by molar-refractivity contribution is -0.134. The summed E-state index contributed by atoms with van der Waals surface area (Å²) in [7, 11) is 1.63. The molecule has 1 amide bonds. The number of fused-ring (bicyclic) bond motifs is 1. The number of nitrogens with zero attached hydrogens (tertiary/aromatic N) is 5. The number of carbonyl (C=O) groups excluding carboxylic acids is 1. The van der Waals surface area contributed by atoms with E-state index in [-0.39, 0.29) is 17.8 Å². The molecule has 2 aromatic carbocycles. The molecule has 1 saturated heterocycles. The van der Waals surface area contributed by atoms with Crippen molar-refractivity contribution >= 4 is 23.1 Å². The molecule has 0 aliphatic carbocycles. The fourth-order valence-electron chi connectivity index (χ4n) is 4.71. The van der Waals surface area contributed by atoms with E-state index in [0.29, 0.717) is 26.2 Å². The van der Waals surface area contributed by atoms with E-state index < -0.39 is 5.92 Å². The molecule has 170 valence electrons. The Hall–Kier alpha value is -3.68. The average Bonchev–Trinajstić information content (AvgIpc) is 3.31. The third-order valence-electron chi connectivity index (χ3n) is 6.48. The van der Waals surface area contributed by atoms with E-state index in [0.717, 1.165) is 28.5 Å². The summed E-state index contributed by atoms with van der Waals surface area (Å²) >= 11 is 0. The second kappa shape index (κ2) is 8.69. The van der Waals surface area contributed by atoms with Gasteiger partial charge in [-0.1, -0.05) is 12.1 Å². The highest BCUT2D eigenvalue weighted by molar-refractivity contribution is 6.05. The third-order valence-corrected chi connectivity index (χ3v) is 6.48. The summed E-state index contributed by atoms with van der Waals surface area (Å²) in [5.41, 5.74) is 2.74. The quantitative estimate of drug-likeness (QED) is 0.612. The zero-order valence-electron chi connectivity index (χ0n) is 18.7. The van der Waals surface area contributed by atoms with Crippen molar-refractivity contribution in [3.05, 3.63) is 72.2 Å². The predicted molar refractivity (Wildman–Crippen MR) is 125 cm³/mol. The lowest BCUT2D eigenvalue weighted by Crippen LogP contribution is -2.53. The van der Waals surface area contributed by atoms with Gasteiger partial charge >= 0.3 is 0 Å². The van der Waals surface area contributed by atoms with Crippen LogP contribution in [0.15, 0.2) is 65.8 Å². The molecule has 2 aliphatic heterocycles. The van der Waals surface area contributed by atoms with Crippen molar-refractivity contribution in [1.82, 2.24) is 14.7 Å². The highest BCUT2D eigenvalue weighted by atomic mass is 19.1. The number of aliphatic imine (C=N–C) groups is 1. The van der Waals surface area contributed by atoms with Crippen molar-refractivity contribution in [3.63, 3.8) is 0 Å². The smallest absolute Gasteiger partial charge is 0.234 e. The topological polar surface area (TPSA) is 63.0 Å². The number of carbonyl (C=O) groups is 1. The first-order valence-corrected chi connectivity index (χ1v) is 11.1. The number of benzene rings is 2. The van der Waals surface area contributed by atoms with Gasteiger partial charge in [-0.3, -0.25) is 4.79 Å². The van der Waals surface area contributed by atoms with Crippen LogP contribution in [0.2, 0.25) is 0 Å². The molecular weight excluding hydrogens is 421 g/mol. The Bertz CT molecular complexity index is 1160. The standard InChI is InChI=1S/C25H26FN5O2/c1-17-23(25(32)30-15-13-29(14-16-30)20-7-5-19(26)6-8-20)24(31-22(28-17)11-12-27-31)18-3-9-21(33-2)10-4-18/h3-12,23-24H,13-16H2,1-2H3. The van der Waals surface area contributed by atoms with Gasteiger partial charge in [0.05, 0.1) is 19.3 Å². The highest BCUT2D eigenvalue weighted by Gasteiger charge is 2.40. The van der Waals surface area contributed by atoms with Gasteiger partial charge in [-0.2, -0.15) is 5.10 Å². The van der Waals surface area contributed by atoms with Crippen molar-refractivity contribution in [2.24, 2.45) is 10.9 Å². The van der Waals surface area contributed by atoms with E-state index in [4.69, 9.17) is 4.74 Å². The summed E-state index contributed by atoms with van der Waals surface area (Å²) < 4.78 is 20.4. The molecule has 1 aromatic heterocycles. The predicted octanol–water partition coefficient (Wildman–Crippen LogP) is 3.69. The monoisotopic (exact) mass is 447 g/mol. The number of halogens is 1. The number of ether oxygens (including phenoxy) is 1. The molecule has 2 unspecified atom stereocenters. The van der Waals surface area contributed by atoms with Crippen LogP contribution in [-0.4, -0.2) is 59.6 Å². The molecule has 2 atom stereocenters. The van der Waals surface area contributed by atoms with Gasteiger partial charge in [0.25, 0.3) is 0 Å². The van der Waals surface area contributed by atoms with Crippen molar-refractivity contribution in [2.45, 2.75) is 13.0 Å². The largest absolute Gasteiger partial charge is 0.497 e. The number of methoxy groups -OCH3 is 1. The first-order valence-electron chi connectivity index (χ1n) is 11.1. The van der Waals surface area contributed by atoms with E-state index in [9.17, 15) is 9.18 Å². The minimum atomic E-state index is -0.442. The number of anilines is 1. The molecule has 7 nitrogen and oxygen atoms in total. The Morgan fingerprint density at radius 1 is 1.00 bits per heavy atom. The van der Waals surface area contributed by atoms with Crippen molar-refractivity contribution in [1.29, 1.82) is 0 Å². The van der Waals surface area contributed by atoms with Gasteiger partial charge in [-0.25, -0.2) is 14.1 Å². The van der Waals surface area contributed by atoms with Crippen LogP contribution in [0, 0.1) is 11.7 Å². The van der Waals surface area contributed by atoms with E-state index in [1.54, 1.807) is 25.4 Å². The fraction of sp³-hybridized carbons (Fsp3) is 0.320. The van der Waals surface area contributed by atoms with Crippen LogP contribution in [0.3, 0.4) is 0 Å². The first kappa shape index (κ1) is 21.2. The van der Waals surface area contributed by atoms with Crippen LogP contribution in [0.25, 0.3) is 0 Å². The maximum atomic E-state index is 13.8. The third kappa shape index (κ3) is 3.97. The van der Waals surface area contributed by atoms with Crippen LogP contribution >= 0.6 is 0 Å². The molecule has 0 radical (unpaired) electrons. The molecule has 3 aromatic rings. The van der Waals surface area contributed by atoms with Crippen molar-refractivity contribution in [3.8, 4) is 5.75 Å². The van der Waals surface area contributed by atoms with Crippen LogP contribution in [0.5, 0.6) is 5.75 Å². The normalized spacial score (nSPS) is 20.3. The van der Waals surface area contributed by atoms with Gasteiger partial charge in [-0.15, -0.1) is 0 Å². The number of hydrogen-bond acceptors (Lipinski definition) is 5. The average molecular weight is 448 g/mol. The molecule has 5 rings (SSSR count). The highest BCUT2D eigenvalue weighted by Crippen LogP contribution is 2.37. The number of aromatic nitrogens is 2. The molecule has 8 heteroatoms. The zero-order chi connectivity index (χ0) is 22.9. The molecular formula is C25H26FN5O2. The lowest BCUT2D eigenvalue weighted by atomic mass is 9.87. The fourth-order valence-corrected chi connectivity index (χ4v) is 4.71. The Balaban J connectivity index is 1.39. The second-order valence-electron chi connectivity index (χ2n) is 8.37. The van der Waals surface area contributed by atoms with Crippen LogP contribution in [-0.2, 0) is 4.79 Å². The molecule has 3 heterocycles. The number of rotatable bonds is 4. The number of amides is 1. The van der Waals surface area contributed by atoms with E-state index in [1.807, 2.05) is 46.8 Å². The summed E-state index contributed by atoms with van der Waals surface area (Å²) in [5, 5.41) is 4.50. The summed E-state index contributed by atoms with van der Waals surface area (Å²) in [6.07, 6.45) is 1.72. The molecule has 0 spiro atoms. The van der Waals surface area contributed by atoms with Gasteiger partial charge < -0.3 is 14.5 Å². The van der Waals surface area contributed by atoms with Crippen LogP contribution in [0.1, 0.15) is 18.5 Å². The Kier molecular flexibility index (Phi) is 5.58. The van der Waals surface area contributed by atoms with Crippen molar-refractivity contribution in [2.75, 3.05) is 38.2 Å². The van der Waals surface area contributed by atoms with Crippen LogP contribution in [0.4, 0.5) is 15.9 Å². The van der Waals surface area contributed by atoms with Crippen LogP contribution < -0.4 is 9.64 Å². The summed E-state index contributed by atoms with van der Waals surface area (Å²) in [5.74, 6) is 0.876. The van der Waals surface area contributed by atoms with Gasteiger partial charge in [0.15, 0.2) is 5.82 Å². The molecule has 0 N–H and O–H groups in total. The van der Waals surface area contributed by atoms with Crippen molar-refractivity contribution < 1.29 is 13.9 Å². The molecule has 1 fully saturated rings. The van der Waals surface area contributed by atoms with Gasteiger partial charge in [0.1, 0.15) is 17.5 Å². The lowest BCUT2D eigenvalue weighted by Gasteiger charge is -2.40. The van der Waals surface area contributed by atoms with E-state index >= 15 is 0 Å². The maximum Gasteiger partial charge on any atom is 0.234 e. The molecule has 0 bridgehead atoms. The summed E-state index contributed by atoms with van der Waals surface area (Å²) in [6, 6.07) is 15.9. The van der Waals surface area contributed by atoms with E-state index in [2.05, 4.69) is 15.0 Å². The Morgan fingerprint density at radius 2 is 1.70 bits per heavy atom. The summed E-state index contributed by atoms with van der Waals surface area (Å²) in [6.45, 7) is 4.51. The SMILES string of the molecule is COc1ccc(C2C(C(=O)N3CCN(c4ccc(F)cc4)CC3)C(C)=Nc3ccnn32)cc1. The minimum absolute atomic E-state index is 0.0528. The Labute approximate surface area is 192 Å². The molecule has 2 aliphatic rings. The van der Waals surface area contributed by atoms with Gasteiger partial charge in [0.2, 0.25) is 5.91 Å². The second-order valence-corrected chi connectivity index (χ2v) is 8.37. The van der Waals surface area contributed by atoms with E-state index in [1.165, 1.54) is 12.1 Å². The summed E-state index contributed by atoms with van der Waals surface area (Å²) in [4.78, 5) is 22.6. The first-order chi connectivity index (χ1) is 16.0. The molecule has 0 saturated carbocycles. The minimum Gasteiger partial charge on any atom is -0.497 e. The molecule has 33 heavy (non-hydrogen) atoms. The Morgan fingerprint density at radius 3 is 2.36 bits per heavy atom.